The molecule has 1 atom stereocenters. The number of nitrogens with two attached hydrogens (primary N) is 1. The highest BCUT2D eigenvalue weighted by Gasteiger charge is 2.20. The van der Waals surface area contributed by atoms with E-state index in [0.717, 1.165) is 25.0 Å². The number of carbonyl (C=O) groups excluding carboxylic acids is 1. The first kappa shape index (κ1) is 26.2. The van der Waals surface area contributed by atoms with Gasteiger partial charge in [-0.1, -0.05) is 17.9 Å². The number of nitrogens with zero attached hydrogens (tertiary/aromatic N) is 4. The third-order valence-corrected chi connectivity index (χ3v) is 6.50. The van der Waals surface area contributed by atoms with Gasteiger partial charge in [0.2, 0.25) is 0 Å². The number of fused-ring (bicyclic) bond motifs is 1. The maximum absolute atomic E-state index is 13.9. The van der Waals surface area contributed by atoms with Crippen molar-refractivity contribution in [3.8, 4) is 11.8 Å². The number of amides is 1. The summed E-state index contributed by atoms with van der Waals surface area (Å²) in [6.45, 7) is 4.90. The van der Waals surface area contributed by atoms with Crippen LogP contribution in [0.2, 0.25) is 0 Å². The van der Waals surface area contributed by atoms with E-state index in [1.54, 1.807) is 36.7 Å². The Bertz CT molecular complexity index is 1580. The number of pyridine rings is 3. The highest BCUT2D eigenvalue weighted by atomic mass is 19.3. The molecule has 0 bridgehead atoms. The first-order valence-corrected chi connectivity index (χ1v) is 12.5. The molecule has 1 fully saturated rings. The van der Waals surface area contributed by atoms with Crippen molar-refractivity contribution in [3.05, 3.63) is 89.0 Å². The van der Waals surface area contributed by atoms with Gasteiger partial charge in [-0.15, -0.1) is 0 Å². The molecule has 4 heterocycles. The van der Waals surface area contributed by atoms with Crippen LogP contribution < -0.4 is 16.4 Å². The van der Waals surface area contributed by atoms with E-state index in [-0.39, 0.29) is 16.8 Å². The lowest BCUT2D eigenvalue weighted by Crippen LogP contribution is -2.48. The molecular weight excluding hydrogens is 500 g/mol. The lowest BCUT2D eigenvalue weighted by Gasteiger charge is -2.32. The molecule has 0 saturated carbocycles. The fourth-order valence-corrected chi connectivity index (χ4v) is 4.58. The second kappa shape index (κ2) is 11.5. The van der Waals surface area contributed by atoms with Crippen molar-refractivity contribution in [2.24, 2.45) is 0 Å². The van der Waals surface area contributed by atoms with Crippen LogP contribution in [0.3, 0.4) is 0 Å². The summed E-state index contributed by atoms with van der Waals surface area (Å²) < 4.78 is 27.8. The predicted octanol–water partition coefficient (Wildman–Crippen LogP) is 3.99. The largest absolute Gasteiger partial charge is 0.382 e. The normalized spacial score (nSPS) is 15.6. The Labute approximate surface area is 224 Å². The lowest BCUT2D eigenvalue weighted by molar-refractivity contribution is 0.102. The Balaban J connectivity index is 1.33. The van der Waals surface area contributed by atoms with Gasteiger partial charge >= 0.3 is 0 Å². The van der Waals surface area contributed by atoms with Crippen molar-refractivity contribution in [1.29, 1.82) is 0 Å². The summed E-state index contributed by atoms with van der Waals surface area (Å²) in [7, 11) is 0. The van der Waals surface area contributed by atoms with Gasteiger partial charge in [-0.05, 0) is 42.8 Å². The molecule has 1 saturated heterocycles. The molecule has 10 heteroatoms. The van der Waals surface area contributed by atoms with Crippen LogP contribution in [0, 0.1) is 11.8 Å². The van der Waals surface area contributed by atoms with Crippen molar-refractivity contribution in [2.75, 3.05) is 30.7 Å². The van der Waals surface area contributed by atoms with Gasteiger partial charge in [-0.25, -0.2) is 13.8 Å². The number of halogens is 2. The van der Waals surface area contributed by atoms with Crippen molar-refractivity contribution < 1.29 is 13.6 Å². The van der Waals surface area contributed by atoms with Crippen molar-refractivity contribution >= 4 is 28.3 Å². The molecule has 39 heavy (non-hydrogen) atoms. The van der Waals surface area contributed by atoms with Crippen LogP contribution in [0.5, 0.6) is 0 Å². The molecule has 5 rings (SSSR count). The van der Waals surface area contributed by atoms with Crippen LogP contribution in [0.15, 0.2) is 61.2 Å². The number of hydrogen-bond donors (Lipinski definition) is 3. The van der Waals surface area contributed by atoms with E-state index in [1.165, 1.54) is 18.5 Å². The Morgan fingerprint density at radius 1 is 1.21 bits per heavy atom. The number of aromatic nitrogens is 3. The molecule has 1 aliphatic heterocycles. The minimum Gasteiger partial charge on any atom is -0.382 e. The summed E-state index contributed by atoms with van der Waals surface area (Å²) in [5.41, 5.74) is 8.61. The SMILES string of the molecule is C[C@H]1CN(Cc2ccc(NC(=O)c3cncc(C#Cc4cnc(N)c5ncccc45)c3)cc2C(F)F)CCN1. The number of nitrogen functional groups attached to an aromatic ring is 1. The van der Waals surface area contributed by atoms with E-state index in [1.807, 2.05) is 6.07 Å². The molecule has 4 aromatic rings. The van der Waals surface area contributed by atoms with E-state index in [2.05, 4.69) is 49.3 Å². The lowest BCUT2D eigenvalue weighted by atomic mass is 10.0. The van der Waals surface area contributed by atoms with Gasteiger partial charge in [0.1, 0.15) is 11.3 Å². The molecule has 0 radical (unpaired) electrons. The summed E-state index contributed by atoms with van der Waals surface area (Å²) in [6.07, 6.45) is 3.48. The summed E-state index contributed by atoms with van der Waals surface area (Å²) >= 11 is 0. The van der Waals surface area contributed by atoms with Crippen LogP contribution in [0.4, 0.5) is 20.3 Å². The van der Waals surface area contributed by atoms with Crippen molar-refractivity contribution in [3.63, 3.8) is 0 Å². The van der Waals surface area contributed by atoms with Crippen molar-refractivity contribution in [1.82, 2.24) is 25.2 Å². The average molecular weight is 528 g/mol. The fraction of sp³-hybridized carbons (Fsp3) is 0.241. The number of rotatable bonds is 5. The van der Waals surface area contributed by atoms with Crippen molar-refractivity contribution in [2.45, 2.75) is 25.9 Å². The number of nitrogens with one attached hydrogen (secondary N) is 2. The van der Waals surface area contributed by atoms with Crippen LogP contribution in [-0.2, 0) is 6.54 Å². The third kappa shape index (κ3) is 6.17. The summed E-state index contributed by atoms with van der Waals surface area (Å²) in [5, 5.41) is 6.82. The van der Waals surface area contributed by atoms with Crippen LogP contribution >= 0.6 is 0 Å². The zero-order valence-corrected chi connectivity index (χ0v) is 21.3. The standard InChI is InChI=1S/C29H27F2N7O/c1-18-16-38(10-9-34-18)17-21-6-7-23(12-25(21)27(30)31)37-29(39)22-11-19(13-33-14-22)4-5-20-15-36-28(32)26-24(20)3-2-8-35-26/h2-3,6-8,11-15,18,27,34H,9-10,16-17H2,1H3,(H2,32,36)(H,37,39)/t18-/m0/s1. The minimum absolute atomic E-state index is 0.0875. The number of alkyl halides is 2. The van der Waals surface area contributed by atoms with Gasteiger partial charge in [0.25, 0.3) is 12.3 Å². The smallest absolute Gasteiger partial charge is 0.264 e. The third-order valence-electron chi connectivity index (χ3n) is 6.50. The molecule has 8 nitrogen and oxygen atoms in total. The molecule has 0 aliphatic carbocycles. The molecule has 1 amide bonds. The zero-order chi connectivity index (χ0) is 27.4. The second-order valence-corrected chi connectivity index (χ2v) is 9.43. The number of anilines is 2. The quantitative estimate of drug-likeness (QED) is 0.337. The van der Waals surface area contributed by atoms with Gasteiger partial charge in [-0.3, -0.25) is 19.7 Å². The Morgan fingerprint density at radius 2 is 2.08 bits per heavy atom. The number of carbonyl (C=O) groups is 1. The first-order chi connectivity index (χ1) is 18.9. The zero-order valence-electron chi connectivity index (χ0n) is 21.3. The van der Waals surface area contributed by atoms with Gasteiger partial charge in [-0.2, -0.15) is 0 Å². The molecule has 198 valence electrons. The van der Waals surface area contributed by atoms with E-state index < -0.39 is 12.3 Å². The van der Waals surface area contributed by atoms with E-state index in [4.69, 9.17) is 5.73 Å². The first-order valence-electron chi connectivity index (χ1n) is 12.5. The molecule has 0 unspecified atom stereocenters. The molecule has 1 aromatic carbocycles. The fourth-order valence-electron chi connectivity index (χ4n) is 4.58. The van der Waals surface area contributed by atoms with Gasteiger partial charge in [0.15, 0.2) is 0 Å². The van der Waals surface area contributed by atoms with E-state index in [9.17, 15) is 13.6 Å². The van der Waals surface area contributed by atoms with E-state index >= 15 is 0 Å². The average Bonchev–Trinajstić information content (AvgIpc) is 2.94. The van der Waals surface area contributed by atoms with E-state index in [0.29, 0.717) is 40.6 Å². The molecule has 1 aliphatic rings. The Morgan fingerprint density at radius 3 is 2.90 bits per heavy atom. The molecule has 0 spiro atoms. The maximum atomic E-state index is 13.9. The van der Waals surface area contributed by atoms with Crippen LogP contribution in [0.1, 0.15) is 46.0 Å². The molecule has 3 aromatic heterocycles. The summed E-state index contributed by atoms with van der Waals surface area (Å²) in [6, 6.07) is 10.2. The van der Waals surface area contributed by atoms with Gasteiger partial charge in [0.05, 0.1) is 11.1 Å². The topological polar surface area (TPSA) is 109 Å². The summed E-state index contributed by atoms with van der Waals surface area (Å²) in [4.78, 5) is 27.6. The molecular formula is C29H27F2N7O. The monoisotopic (exact) mass is 527 g/mol. The van der Waals surface area contributed by atoms with Crippen LogP contribution in [-0.4, -0.2) is 51.4 Å². The minimum atomic E-state index is -2.66. The number of benzene rings is 1. The predicted molar refractivity (Wildman–Crippen MR) is 146 cm³/mol. The summed E-state index contributed by atoms with van der Waals surface area (Å²) in [5.74, 6) is 5.88. The number of hydrogen-bond acceptors (Lipinski definition) is 7. The van der Waals surface area contributed by atoms with Gasteiger partial charge < -0.3 is 16.4 Å². The second-order valence-electron chi connectivity index (χ2n) is 9.43. The molecule has 4 N–H and O–H groups in total. The Kier molecular flexibility index (Phi) is 7.72. The maximum Gasteiger partial charge on any atom is 0.264 e. The highest BCUT2D eigenvalue weighted by molar-refractivity contribution is 6.04. The highest BCUT2D eigenvalue weighted by Crippen LogP contribution is 2.28. The number of piperazine rings is 1. The Hall–Kier alpha value is -4.46. The van der Waals surface area contributed by atoms with Gasteiger partial charge in [0, 0.05) is 79.2 Å². The van der Waals surface area contributed by atoms with Crippen LogP contribution in [0.25, 0.3) is 10.9 Å².